The molecular weight excluding hydrogens is 260 g/mol. The number of nitrogens with zero attached hydrogens (tertiary/aromatic N) is 1. The van der Waals surface area contributed by atoms with Crippen molar-refractivity contribution in [3.05, 3.63) is 48.2 Å². The van der Waals surface area contributed by atoms with Crippen LogP contribution in [0.2, 0.25) is 0 Å². The molecule has 0 radical (unpaired) electrons. The van der Waals surface area contributed by atoms with Crippen LogP contribution < -0.4 is 5.32 Å². The normalized spacial score (nSPS) is 27.9. The molecule has 0 unspecified atom stereocenters. The van der Waals surface area contributed by atoms with E-state index in [0.717, 1.165) is 29.5 Å². The Morgan fingerprint density at radius 1 is 1.05 bits per heavy atom. The summed E-state index contributed by atoms with van der Waals surface area (Å²) >= 11 is 0. The zero-order valence-electron chi connectivity index (χ0n) is 12.3. The van der Waals surface area contributed by atoms with Crippen molar-refractivity contribution in [3.8, 4) is 11.3 Å². The highest BCUT2D eigenvalue weighted by atomic mass is 16.3. The molecule has 3 heteroatoms. The number of hydrogen-bond acceptors (Lipinski definition) is 3. The molecule has 1 N–H and O–H groups in total. The van der Waals surface area contributed by atoms with E-state index < -0.39 is 0 Å². The molecule has 1 atom stereocenters. The first-order valence-corrected chi connectivity index (χ1v) is 7.98. The number of benzene rings is 1. The molecule has 4 heterocycles. The molecule has 1 aromatic heterocycles. The van der Waals surface area contributed by atoms with E-state index in [2.05, 4.69) is 34.5 Å². The summed E-state index contributed by atoms with van der Waals surface area (Å²) in [5, 5.41) is 3.70. The Kier molecular flexibility index (Phi) is 3.53. The second kappa shape index (κ2) is 5.66. The van der Waals surface area contributed by atoms with Crippen LogP contribution in [-0.2, 0) is 6.54 Å². The maximum atomic E-state index is 5.96. The van der Waals surface area contributed by atoms with Gasteiger partial charge in [0.25, 0.3) is 0 Å². The van der Waals surface area contributed by atoms with E-state index in [4.69, 9.17) is 4.42 Å². The maximum Gasteiger partial charge on any atom is 0.134 e. The minimum absolute atomic E-state index is 0.637. The smallest absolute Gasteiger partial charge is 0.134 e. The molecule has 110 valence electrons. The van der Waals surface area contributed by atoms with Crippen LogP contribution in [0.15, 0.2) is 46.9 Å². The van der Waals surface area contributed by atoms with Crippen LogP contribution in [0, 0.1) is 5.92 Å². The molecule has 3 aliphatic rings. The molecule has 3 aliphatic heterocycles. The summed E-state index contributed by atoms with van der Waals surface area (Å²) in [7, 11) is 0. The van der Waals surface area contributed by atoms with Gasteiger partial charge < -0.3 is 14.6 Å². The van der Waals surface area contributed by atoms with Gasteiger partial charge in [-0.1, -0.05) is 30.3 Å². The Hall–Kier alpha value is -1.58. The van der Waals surface area contributed by atoms with Crippen molar-refractivity contribution in [1.82, 2.24) is 10.2 Å². The lowest BCUT2D eigenvalue weighted by Crippen LogP contribution is -2.55. The van der Waals surface area contributed by atoms with Gasteiger partial charge in [0.2, 0.25) is 0 Å². The lowest BCUT2D eigenvalue weighted by Gasteiger charge is -2.45. The molecule has 3 fully saturated rings. The maximum absolute atomic E-state index is 5.96. The van der Waals surface area contributed by atoms with E-state index >= 15 is 0 Å². The largest absolute Gasteiger partial charge is 0.460 e. The van der Waals surface area contributed by atoms with Gasteiger partial charge in [-0.3, -0.25) is 0 Å². The third-order valence-corrected chi connectivity index (χ3v) is 4.91. The fraction of sp³-hybridized carbons (Fsp3) is 0.444. The number of nitrogens with one attached hydrogen (secondary N) is 1. The molecule has 21 heavy (non-hydrogen) atoms. The second-order valence-electron chi connectivity index (χ2n) is 6.26. The topological polar surface area (TPSA) is 28.4 Å². The van der Waals surface area contributed by atoms with Crippen LogP contribution in [0.25, 0.3) is 11.3 Å². The number of rotatable bonds is 4. The standard InChI is InChI=1S/C18H22N2O/c1-2-4-15(5-3-1)18-7-6-16(21-18)12-19-17-13-20-10-8-14(17)9-11-20/h1-7,14,17,19H,8-13H2/t17-/m0/s1. The summed E-state index contributed by atoms with van der Waals surface area (Å²) in [5.74, 6) is 2.85. The van der Waals surface area contributed by atoms with Gasteiger partial charge in [0.1, 0.15) is 11.5 Å². The average molecular weight is 282 g/mol. The van der Waals surface area contributed by atoms with Crippen molar-refractivity contribution in [3.63, 3.8) is 0 Å². The van der Waals surface area contributed by atoms with Crippen LogP contribution in [0.5, 0.6) is 0 Å². The van der Waals surface area contributed by atoms with E-state index in [1.54, 1.807) is 0 Å². The Balaban J connectivity index is 1.39. The zero-order valence-corrected chi connectivity index (χ0v) is 12.3. The van der Waals surface area contributed by atoms with Crippen molar-refractivity contribution >= 4 is 0 Å². The summed E-state index contributed by atoms with van der Waals surface area (Å²) < 4.78 is 5.96. The zero-order chi connectivity index (χ0) is 14.1. The third kappa shape index (κ3) is 2.76. The molecule has 0 spiro atoms. The SMILES string of the molecule is c1ccc(-c2ccc(CN[C@H]3CN4CCC3CC4)o2)cc1. The predicted molar refractivity (Wildman–Crippen MR) is 83.9 cm³/mol. The summed E-state index contributed by atoms with van der Waals surface area (Å²) in [5.41, 5.74) is 1.14. The van der Waals surface area contributed by atoms with Gasteiger partial charge in [-0.25, -0.2) is 0 Å². The van der Waals surface area contributed by atoms with Gasteiger partial charge in [0, 0.05) is 18.2 Å². The molecular formula is C18H22N2O. The van der Waals surface area contributed by atoms with Crippen LogP contribution in [0.4, 0.5) is 0 Å². The minimum Gasteiger partial charge on any atom is -0.460 e. The van der Waals surface area contributed by atoms with Crippen molar-refractivity contribution in [1.29, 1.82) is 0 Å². The van der Waals surface area contributed by atoms with Crippen molar-refractivity contribution in [2.45, 2.75) is 25.4 Å². The van der Waals surface area contributed by atoms with Gasteiger partial charge in [-0.05, 0) is 44.0 Å². The molecule has 0 saturated carbocycles. The number of furan rings is 1. The predicted octanol–water partition coefficient (Wildman–Crippen LogP) is 3.13. The van der Waals surface area contributed by atoms with E-state index in [9.17, 15) is 0 Å². The van der Waals surface area contributed by atoms with Gasteiger partial charge in [-0.2, -0.15) is 0 Å². The monoisotopic (exact) mass is 282 g/mol. The Morgan fingerprint density at radius 3 is 2.57 bits per heavy atom. The fourth-order valence-corrected chi connectivity index (χ4v) is 3.66. The Morgan fingerprint density at radius 2 is 1.86 bits per heavy atom. The summed E-state index contributed by atoms with van der Waals surface area (Å²) in [6.45, 7) is 4.63. The highest BCUT2D eigenvalue weighted by Crippen LogP contribution is 2.28. The molecule has 5 rings (SSSR count). The van der Waals surface area contributed by atoms with E-state index in [1.165, 1.54) is 32.5 Å². The van der Waals surface area contributed by atoms with Crippen LogP contribution in [0.1, 0.15) is 18.6 Å². The van der Waals surface area contributed by atoms with E-state index in [0.29, 0.717) is 6.04 Å². The molecule has 1 aromatic carbocycles. The molecule has 2 bridgehead atoms. The number of fused-ring (bicyclic) bond motifs is 3. The molecule has 3 saturated heterocycles. The number of piperidine rings is 3. The van der Waals surface area contributed by atoms with Crippen molar-refractivity contribution in [2.24, 2.45) is 5.92 Å². The van der Waals surface area contributed by atoms with Gasteiger partial charge >= 0.3 is 0 Å². The molecule has 3 nitrogen and oxygen atoms in total. The fourth-order valence-electron chi connectivity index (χ4n) is 3.66. The summed E-state index contributed by atoms with van der Waals surface area (Å²) in [6.07, 6.45) is 2.70. The Bertz CT molecular complexity index is 584. The highest BCUT2D eigenvalue weighted by molar-refractivity contribution is 5.57. The minimum atomic E-state index is 0.637. The van der Waals surface area contributed by atoms with Crippen molar-refractivity contribution in [2.75, 3.05) is 19.6 Å². The Labute approximate surface area is 126 Å². The quantitative estimate of drug-likeness (QED) is 0.934. The first-order chi connectivity index (χ1) is 10.4. The van der Waals surface area contributed by atoms with E-state index in [-0.39, 0.29) is 0 Å². The van der Waals surface area contributed by atoms with E-state index in [1.807, 2.05) is 18.2 Å². The van der Waals surface area contributed by atoms with Crippen LogP contribution in [0.3, 0.4) is 0 Å². The van der Waals surface area contributed by atoms with Crippen LogP contribution in [-0.4, -0.2) is 30.6 Å². The average Bonchev–Trinajstić information content (AvgIpc) is 3.04. The molecule has 0 aliphatic carbocycles. The lowest BCUT2D eigenvalue weighted by atomic mass is 9.84. The highest BCUT2D eigenvalue weighted by Gasteiger charge is 2.33. The molecule has 2 aromatic rings. The first-order valence-electron chi connectivity index (χ1n) is 7.98. The summed E-state index contributed by atoms with van der Waals surface area (Å²) in [4.78, 5) is 2.58. The third-order valence-electron chi connectivity index (χ3n) is 4.91. The lowest BCUT2D eigenvalue weighted by molar-refractivity contribution is 0.0711. The van der Waals surface area contributed by atoms with Gasteiger partial charge in [0.15, 0.2) is 0 Å². The second-order valence-corrected chi connectivity index (χ2v) is 6.26. The van der Waals surface area contributed by atoms with Gasteiger partial charge in [-0.15, -0.1) is 0 Å². The van der Waals surface area contributed by atoms with Gasteiger partial charge in [0.05, 0.1) is 6.54 Å². The summed E-state index contributed by atoms with van der Waals surface area (Å²) in [6, 6.07) is 15.1. The van der Waals surface area contributed by atoms with Crippen LogP contribution >= 0.6 is 0 Å². The first kappa shape index (κ1) is 13.1. The van der Waals surface area contributed by atoms with Crippen molar-refractivity contribution < 1.29 is 4.42 Å². The molecule has 0 amide bonds. The number of hydrogen-bond donors (Lipinski definition) is 1.